The lowest BCUT2D eigenvalue weighted by atomic mass is 10.1. The van der Waals surface area contributed by atoms with Crippen LogP contribution in [0.3, 0.4) is 0 Å². The van der Waals surface area contributed by atoms with Crippen molar-refractivity contribution in [2.75, 3.05) is 11.9 Å². The van der Waals surface area contributed by atoms with Crippen molar-refractivity contribution in [3.8, 4) is 0 Å². The van der Waals surface area contributed by atoms with Gasteiger partial charge in [-0.3, -0.25) is 14.4 Å². The average Bonchev–Trinajstić information content (AvgIpc) is 2.59. The van der Waals surface area contributed by atoms with Crippen LogP contribution in [-0.2, 0) is 29.1 Å². The summed E-state index contributed by atoms with van der Waals surface area (Å²) in [6.07, 6.45) is 0.560. The number of hydrogen-bond donors (Lipinski definition) is 1. The van der Waals surface area contributed by atoms with E-state index in [9.17, 15) is 14.4 Å². The van der Waals surface area contributed by atoms with Gasteiger partial charge >= 0.3 is 0 Å². The van der Waals surface area contributed by atoms with Gasteiger partial charge < -0.3 is 10.2 Å². The van der Waals surface area contributed by atoms with Gasteiger partial charge in [-0.25, -0.2) is 4.68 Å². The summed E-state index contributed by atoms with van der Waals surface area (Å²) in [6.45, 7) is 4.06. The normalized spacial score (nSPS) is 13.3. The Morgan fingerprint density at radius 2 is 2.12 bits per heavy atom. The summed E-state index contributed by atoms with van der Waals surface area (Å²) < 4.78 is 1.15. The Balaban J connectivity index is 1.76. The molecule has 1 N–H and O–H groups in total. The number of carbonyl (C=O) groups excluding carboxylic acids is 2. The molecule has 136 valence electrons. The highest BCUT2D eigenvalue weighted by molar-refractivity contribution is 6.31. The number of amides is 2. The first-order valence-electron chi connectivity index (χ1n) is 8.25. The van der Waals surface area contributed by atoms with Gasteiger partial charge in [0, 0.05) is 48.8 Å². The SMILES string of the molecule is CC(=O)N1CCc2nn(CC(=O)Nc3cccc(Cl)c3C)c(=O)cc2C1. The van der Waals surface area contributed by atoms with E-state index >= 15 is 0 Å². The number of anilines is 1. The van der Waals surface area contributed by atoms with Gasteiger partial charge in [0.25, 0.3) is 5.56 Å². The fraction of sp³-hybridized carbons (Fsp3) is 0.333. The molecule has 0 unspecified atom stereocenters. The Kier molecular flexibility index (Phi) is 5.08. The molecule has 2 aromatic rings. The first-order valence-corrected chi connectivity index (χ1v) is 8.63. The fourth-order valence-electron chi connectivity index (χ4n) is 2.89. The summed E-state index contributed by atoms with van der Waals surface area (Å²) in [5.41, 5.74) is 2.47. The molecule has 1 aliphatic rings. The Hall–Kier alpha value is -2.67. The third-order valence-electron chi connectivity index (χ3n) is 4.42. The van der Waals surface area contributed by atoms with Crippen molar-refractivity contribution in [3.05, 3.63) is 56.5 Å². The number of aromatic nitrogens is 2. The molecule has 1 aromatic heterocycles. The number of nitrogens with one attached hydrogen (secondary N) is 1. The second-order valence-electron chi connectivity index (χ2n) is 6.26. The van der Waals surface area contributed by atoms with Crippen LogP contribution in [0.1, 0.15) is 23.7 Å². The zero-order chi connectivity index (χ0) is 18.8. The summed E-state index contributed by atoms with van der Waals surface area (Å²) in [5, 5.41) is 7.62. The first-order chi connectivity index (χ1) is 12.3. The minimum absolute atomic E-state index is 0.0314. The van der Waals surface area contributed by atoms with E-state index < -0.39 is 0 Å². The van der Waals surface area contributed by atoms with Crippen molar-refractivity contribution in [2.45, 2.75) is 33.4 Å². The average molecular weight is 375 g/mol. The quantitative estimate of drug-likeness (QED) is 0.887. The van der Waals surface area contributed by atoms with Crippen LogP contribution in [-0.4, -0.2) is 33.0 Å². The molecule has 0 fully saturated rings. The predicted molar refractivity (Wildman–Crippen MR) is 98.1 cm³/mol. The van der Waals surface area contributed by atoms with Crippen LogP contribution < -0.4 is 10.9 Å². The van der Waals surface area contributed by atoms with Gasteiger partial charge in [0.1, 0.15) is 6.54 Å². The van der Waals surface area contributed by atoms with Crippen LogP contribution in [0.25, 0.3) is 0 Å². The smallest absolute Gasteiger partial charge is 0.267 e. The number of hydrogen-bond acceptors (Lipinski definition) is 4. The lowest BCUT2D eigenvalue weighted by Crippen LogP contribution is -2.38. The predicted octanol–water partition coefficient (Wildman–Crippen LogP) is 1.75. The Morgan fingerprint density at radius 3 is 2.85 bits per heavy atom. The van der Waals surface area contributed by atoms with E-state index in [2.05, 4.69) is 10.4 Å². The van der Waals surface area contributed by atoms with Crippen molar-refractivity contribution in [2.24, 2.45) is 0 Å². The lowest BCUT2D eigenvalue weighted by Gasteiger charge is -2.27. The molecular formula is C18H19ClN4O3. The van der Waals surface area contributed by atoms with Crippen LogP contribution in [0.5, 0.6) is 0 Å². The largest absolute Gasteiger partial charge is 0.338 e. The lowest BCUT2D eigenvalue weighted by molar-refractivity contribution is -0.129. The summed E-state index contributed by atoms with van der Waals surface area (Å²) in [4.78, 5) is 37.7. The van der Waals surface area contributed by atoms with Gasteiger partial charge in [-0.2, -0.15) is 5.10 Å². The van der Waals surface area contributed by atoms with E-state index in [0.717, 1.165) is 21.5 Å². The van der Waals surface area contributed by atoms with Crippen LogP contribution in [0.15, 0.2) is 29.1 Å². The molecule has 2 heterocycles. The Labute approximate surface area is 155 Å². The first kappa shape index (κ1) is 18.1. The third kappa shape index (κ3) is 3.77. The molecule has 2 amide bonds. The second kappa shape index (κ2) is 7.29. The van der Waals surface area contributed by atoms with Crippen LogP contribution >= 0.6 is 11.6 Å². The standard InChI is InChI=1S/C18H19ClN4O3/c1-11-14(19)4-3-5-15(11)20-17(25)10-23-18(26)8-13-9-22(12(2)24)7-6-16(13)21-23/h3-5,8H,6-7,9-10H2,1-2H3,(H,20,25). The molecule has 0 aliphatic carbocycles. The van der Waals surface area contributed by atoms with E-state index in [1.165, 1.54) is 13.0 Å². The number of rotatable bonds is 3. The molecule has 1 aromatic carbocycles. The van der Waals surface area contributed by atoms with Crippen LogP contribution in [0.4, 0.5) is 5.69 Å². The minimum atomic E-state index is -0.368. The van der Waals surface area contributed by atoms with E-state index in [0.29, 0.717) is 30.2 Å². The third-order valence-corrected chi connectivity index (χ3v) is 4.83. The molecule has 26 heavy (non-hydrogen) atoms. The zero-order valence-electron chi connectivity index (χ0n) is 14.6. The van der Waals surface area contributed by atoms with Gasteiger partial charge in [-0.1, -0.05) is 17.7 Å². The molecule has 0 atom stereocenters. The van der Waals surface area contributed by atoms with E-state index in [4.69, 9.17) is 11.6 Å². The highest BCUT2D eigenvalue weighted by Crippen LogP contribution is 2.22. The molecule has 0 saturated heterocycles. The molecule has 0 spiro atoms. The molecule has 3 rings (SSSR count). The summed E-state index contributed by atoms with van der Waals surface area (Å²) >= 11 is 6.05. The highest BCUT2D eigenvalue weighted by atomic mass is 35.5. The highest BCUT2D eigenvalue weighted by Gasteiger charge is 2.21. The van der Waals surface area contributed by atoms with Gasteiger partial charge in [0.15, 0.2) is 0 Å². The Bertz CT molecular complexity index is 939. The van der Waals surface area contributed by atoms with Crippen molar-refractivity contribution < 1.29 is 9.59 Å². The van der Waals surface area contributed by atoms with Gasteiger partial charge in [-0.05, 0) is 24.6 Å². The summed E-state index contributed by atoms with van der Waals surface area (Å²) in [5.74, 6) is -0.387. The van der Waals surface area contributed by atoms with Crippen molar-refractivity contribution in [3.63, 3.8) is 0 Å². The summed E-state index contributed by atoms with van der Waals surface area (Å²) in [7, 11) is 0. The Morgan fingerprint density at radius 1 is 1.35 bits per heavy atom. The number of nitrogens with zero attached hydrogens (tertiary/aromatic N) is 3. The van der Waals surface area contributed by atoms with Gasteiger partial charge in [0.2, 0.25) is 11.8 Å². The number of benzene rings is 1. The molecule has 0 bridgehead atoms. The number of carbonyl (C=O) groups is 2. The molecular weight excluding hydrogens is 356 g/mol. The monoisotopic (exact) mass is 374 g/mol. The zero-order valence-corrected chi connectivity index (χ0v) is 15.3. The maximum atomic E-state index is 12.3. The maximum Gasteiger partial charge on any atom is 0.267 e. The van der Waals surface area contributed by atoms with Crippen molar-refractivity contribution in [1.29, 1.82) is 0 Å². The second-order valence-corrected chi connectivity index (χ2v) is 6.67. The van der Waals surface area contributed by atoms with Crippen LogP contribution in [0, 0.1) is 6.92 Å². The molecule has 1 aliphatic heterocycles. The maximum absolute atomic E-state index is 12.3. The molecule has 7 nitrogen and oxygen atoms in total. The molecule has 0 radical (unpaired) electrons. The number of fused-ring (bicyclic) bond motifs is 1. The van der Waals surface area contributed by atoms with E-state index in [1.807, 2.05) is 6.92 Å². The van der Waals surface area contributed by atoms with E-state index in [1.54, 1.807) is 23.1 Å². The summed E-state index contributed by atoms with van der Waals surface area (Å²) in [6, 6.07) is 6.69. The van der Waals surface area contributed by atoms with E-state index in [-0.39, 0.29) is 23.9 Å². The van der Waals surface area contributed by atoms with Gasteiger partial charge in [0.05, 0.1) is 5.69 Å². The van der Waals surface area contributed by atoms with Crippen molar-refractivity contribution in [1.82, 2.24) is 14.7 Å². The van der Waals surface area contributed by atoms with Crippen molar-refractivity contribution >= 4 is 29.1 Å². The van der Waals surface area contributed by atoms with Gasteiger partial charge in [-0.15, -0.1) is 0 Å². The minimum Gasteiger partial charge on any atom is -0.338 e. The number of halogens is 1. The van der Waals surface area contributed by atoms with Crippen LogP contribution in [0.2, 0.25) is 5.02 Å². The molecule has 8 heteroatoms. The molecule has 0 saturated carbocycles. The topological polar surface area (TPSA) is 84.3 Å². The fourth-order valence-corrected chi connectivity index (χ4v) is 3.06.